The molecular weight excluding hydrogens is 410 g/mol. The molecule has 5 nitrogen and oxygen atoms in total. The van der Waals surface area contributed by atoms with Gasteiger partial charge in [-0.05, 0) is 99.4 Å². The minimum Gasteiger partial charge on any atom is -0.497 e. The highest BCUT2D eigenvalue weighted by Crippen LogP contribution is 2.45. The fourth-order valence-electron chi connectivity index (χ4n) is 7.18. The van der Waals surface area contributed by atoms with Crippen LogP contribution in [0.1, 0.15) is 49.8 Å². The molecule has 1 aromatic heterocycles. The second-order valence-corrected chi connectivity index (χ2v) is 10.4. The van der Waals surface area contributed by atoms with Crippen molar-refractivity contribution in [3.63, 3.8) is 0 Å². The van der Waals surface area contributed by atoms with Gasteiger partial charge in [0, 0.05) is 42.6 Å². The molecule has 0 unspecified atom stereocenters. The molecule has 5 heterocycles. The van der Waals surface area contributed by atoms with Crippen molar-refractivity contribution in [3.8, 4) is 5.75 Å². The number of amides is 1. The Hall–Kier alpha value is -2.53. The number of hydrogen-bond donors (Lipinski definition) is 0. The third-order valence-electron chi connectivity index (χ3n) is 8.59. The lowest BCUT2D eigenvalue weighted by atomic mass is 9.67. The number of aromatic nitrogens is 1. The van der Waals surface area contributed by atoms with Crippen LogP contribution in [0.3, 0.4) is 0 Å². The SMILES string of the molecule is COc1cccc(Cn2cccc2/C=C2\CC[C@@H]3[C@H]4CCCN5CCC[C@@H](CN3C2=O)[C@@H]45)c1. The summed E-state index contributed by atoms with van der Waals surface area (Å²) in [7, 11) is 1.70. The summed E-state index contributed by atoms with van der Waals surface area (Å²) in [5, 5.41) is 0. The first-order chi connectivity index (χ1) is 16.2. The molecule has 5 heteroatoms. The van der Waals surface area contributed by atoms with Crippen LogP contribution in [0.15, 0.2) is 48.2 Å². The zero-order valence-electron chi connectivity index (χ0n) is 19.7. The van der Waals surface area contributed by atoms with Crippen LogP contribution < -0.4 is 4.74 Å². The van der Waals surface area contributed by atoms with Gasteiger partial charge in [0.1, 0.15) is 5.75 Å². The summed E-state index contributed by atoms with van der Waals surface area (Å²) in [5.41, 5.74) is 3.29. The quantitative estimate of drug-likeness (QED) is 0.654. The van der Waals surface area contributed by atoms with Crippen molar-refractivity contribution in [2.24, 2.45) is 11.8 Å². The van der Waals surface area contributed by atoms with Gasteiger partial charge in [0.15, 0.2) is 0 Å². The Morgan fingerprint density at radius 2 is 1.97 bits per heavy atom. The number of methoxy groups -OCH3 is 1. The van der Waals surface area contributed by atoms with Crippen LogP contribution in [-0.4, -0.2) is 59.1 Å². The zero-order chi connectivity index (χ0) is 22.4. The maximum absolute atomic E-state index is 13.7. The Bertz CT molecular complexity index is 1050. The van der Waals surface area contributed by atoms with E-state index in [0.29, 0.717) is 23.8 Å². The molecule has 33 heavy (non-hydrogen) atoms. The lowest BCUT2D eigenvalue weighted by molar-refractivity contribution is -0.145. The molecule has 4 saturated heterocycles. The number of piperidine rings is 4. The zero-order valence-corrected chi connectivity index (χ0v) is 19.7. The van der Waals surface area contributed by atoms with E-state index >= 15 is 0 Å². The minimum atomic E-state index is 0.293. The maximum atomic E-state index is 13.7. The first kappa shape index (κ1) is 21.0. The van der Waals surface area contributed by atoms with Crippen molar-refractivity contribution in [1.29, 1.82) is 0 Å². The Morgan fingerprint density at radius 3 is 2.85 bits per heavy atom. The van der Waals surface area contributed by atoms with Crippen molar-refractivity contribution in [1.82, 2.24) is 14.4 Å². The van der Waals surface area contributed by atoms with E-state index < -0.39 is 0 Å². The Morgan fingerprint density at radius 1 is 1.09 bits per heavy atom. The van der Waals surface area contributed by atoms with Gasteiger partial charge in [-0.15, -0.1) is 0 Å². The summed E-state index contributed by atoms with van der Waals surface area (Å²) in [5.74, 6) is 2.52. The van der Waals surface area contributed by atoms with Crippen LogP contribution >= 0.6 is 0 Å². The number of rotatable bonds is 4. The van der Waals surface area contributed by atoms with E-state index in [1.807, 2.05) is 12.1 Å². The largest absolute Gasteiger partial charge is 0.497 e. The van der Waals surface area contributed by atoms with Crippen molar-refractivity contribution >= 4 is 12.0 Å². The average molecular weight is 446 g/mol. The van der Waals surface area contributed by atoms with Gasteiger partial charge < -0.3 is 14.2 Å². The summed E-state index contributed by atoms with van der Waals surface area (Å²) in [6, 6.07) is 13.6. The predicted molar refractivity (Wildman–Crippen MR) is 130 cm³/mol. The number of ether oxygens (including phenoxy) is 1. The lowest BCUT2D eigenvalue weighted by Gasteiger charge is -2.58. The molecule has 0 N–H and O–H groups in total. The van der Waals surface area contributed by atoms with Crippen molar-refractivity contribution in [2.75, 3.05) is 26.7 Å². The number of carbonyl (C=O) groups is 1. The molecule has 174 valence electrons. The second kappa shape index (κ2) is 8.68. The summed E-state index contributed by atoms with van der Waals surface area (Å²) >= 11 is 0. The van der Waals surface area contributed by atoms with Gasteiger partial charge in [0.2, 0.25) is 5.91 Å². The number of carbonyl (C=O) groups excluding carboxylic acids is 1. The van der Waals surface area contributed by atoms with Crippen LogP contribution in [0, 0.1) is 11.8 Å². The Balaban J connectivity index is 1.23. The van der Waals surface area contributed by atoms with Gasteiger partial charge in [-0.25, -0.2) is 0 Å². The maximum Gasteiger partial charge on any atom is 0.250 e. The molecule has 1 aromatic carbocycles. The average Bonchev–Trinajstić information content (AvgIpc) is 3.28. The summed E-state index contributed by atoms with van der Waals surface area (Å²) in [6.07, 6.45) is 11.5. The van der Waals surface area contributed by atoms with Crippen LogP contribution in [0.4, 0.5) is 0 Å². The molecular formula is C28H35N3O2. The number of hydrogen-bond acceptors (Lipinski definition) is 3. The fraction of sp³-hybridized carbons (Fsp3) is 0.536. The van der Waals surface area contributed by atoms with Gasteiger partial charge >= 0.3 is 0 Å². The lowest BCUT2D eigenvalue weighted by Crippen LogP contribution is -2.66. The normalized spacial score (nSPS) is 30.8. The molecule has 2 aromatic rings. The molecule has 0 aliphatic carbocycles. The van der Waals surface area contributed by atoms with Gasteiger partial charge in [0.25, 0.3) is 0 Å². The van der Waals surface area contributed by atoms with Gasteiger partial charge in [-0.1, -0.05) is 12.1 Å². The molecule has 4 fully saturated rings. The minimum absolute atomic E-state index is 0.293. The Labute approximate surface area is 197 Å². The van der Waals surface area contributed by atoms with Gasteiger partial charge in [-0.3, -0.25) is 9.69 Å². The van der Waals surface area contributed by atoms with Crippen LogP contribution in [-0.2, 0) is 11.3 Å². The van der Waals surface area contributed by atoms with E-state index in [1.165, 1.54) is 44.3 Å². The van der Waals surface area contributed by atoms with Gasteiger partial charge in [0.05, 0.1) is 7.11 Å². The summed E-state index contributed by atoms with van der Waals surface area (Å²) in [6.45, 7) is 4.27. The molecule has 0 bridgehead atoms. The highest BCUT2D eigenvalue weighted by molar-refractivity contribution is 5.98. The smallest absolute Gasteiger partial charge is 0.250 e. The molecule has 6 rings (SSSR count). The van der Waals surface area contributed by atoms with Crippen LogP contribution in [0.2, 0.25) is 0 Å². The van der Waals surface area contributed by atoms with Crippen molar-refractivity contribution in [2.45, 2.75) is 57.2 Å². The van der Waals surface area contributed by atoms with Crippen LogP contribution in [0.5, 0.6) is 5.75 Å². The highest BCUT2D eigenvalue weighted by atomic mass is 16.5. The first-order valence-corrected chi connectivity index (χ1v) is 12.7. The second-order valence-electron chi connectivity index (χ2n) is 10.4. The standard InChI is InChI=1S/C28H35N3O2/c1-33-24-9-2-6-20(16-24)18-30-15-4-8-23(30)17-21-11-12-26-25-10-5-14-29-13-3-7-22(27(25)29)19-31(26)28(21)32/h2,4,6,8-9,15-17,22,25-27H,3,5,7,10-14,18-19H2,1H3/b21-17+/t22-,25+,26+,27-/m0/s1. The van der Waals surface area contributed by atoms with E-state index in [0.717, 1.165) is 49.0 Å². The summed E-state index contributed by atoms with van der Waals surface area (Å²) < 4.78 is 7.61. The van der Waals surface area contributed by atoms with Crippen molar-refractivity contribution in [3.05, 3.63) is 59.4 Å². The topological polar surface area (TPSA) is 37.7 Å². The third kappa shape index (κ3) is 3.80. The van der Waals surface area contributed by atoms with E-state index in [9.17, 15) is 4.79 Å². The van der Waals surface area contributed by atoms with E-state index in [4.69, 9.17) is 4.74 Å². The first-order valence-electron chi connectivity index (χ1n) is 12.7. The monoisotopic (exact) mass is 445 g/mol. The molecule has 1 amide bonds. The van der Waals surface area contributed by atoms with Gasteiger partial charge in [-0.2, -0.15) is 0 Å². The molecule has 4 aliphatic heterocycles. The highest BCUT2D eigenvalue weighted by Gasteiger charge is 2.51. The Kier molecular flexibility index (Phi) is 5.53. The molecule has 4 atom stereocenters. The van der Waals surface area contributed by atoms with Crippen LogP contribution in [0.25, 0.3) is 6.08 Å². The molecule has 0 radical (unpaired) electrons. The number of fused-ring (bicyclic) bond motifs is 2. The summed E-state index contributed by atoms with van der Waals surface area (Å²) in [4.78, 5) is 18.7. The molecule has 4 aliphatic rings. The van der Waals surface area contributed by atoms with E-state index in [-0.39, 0.29) is 0 Å². The molecule has 0 saturated carbocycles. The predicted octanol–water partition coefficient (Wildman–Crippen LogP) is 4.42. The number of nitrogens with zero attached hydrogens (tertiary/aromatic N) is 3. The number of benzene rings is 1. The third-order valence-corrected chi connectivity index (χ3v) is 8.59. The van der Waals surface area contributed by atoms with E-state index in [2.05, 4.69) is 50.9 Å². The van der Waals surface area contributed by atoms with Crippen molar-refractivity contribution < 1.29 is 9.53 Å². The fourth-order valence-corrected chi connectivity index (χ4v) is 7.18. The molecule has 0 spiro atoms. The van der Waals surface area contributed by atoms with E-state index in [1.54, 1.807) is 7.11 Å².